The molecule has 1 unspecified atom stereocenters. The molecule has 3 amide bonds. The molecule has 3 heterocycles. The molecule has 2 aliphatic heterocycles. The number of hydrogen-bond donors (Lipinski definition) is 1. The highest BCUT2D eigenvalue weighted by atomic mass is 16.2. The monoisotopic (exact) mass is 428 g/mol. The van der Waals surface area contributed by atoms with Crippen LogP contribution in [0.1, 0.15) is 48.7 Å². The second-order valence-electron chi connectivity index (χ2n) is 8.59. The van der Waals surface area contributed by atoms with E-state index >= 15 is 0 Å². The number of nitrogens with one attached hydrogen (secondary N) is 1. The summed E-state index contributed by atoms with van der Waals surface area (Å²) >= 11 is 0. The van der Waals surface area contributed by atoms with Gasteiger partial charge in [-0.25, -0.2) is 0 Å². The average molecular weight is 428 g/mol. The molecule has 0 radical (unpaired) electrons. The first-order chi connectivity index (χ1) is 15.4. The molecule has 0 bridgehead atoms. The van der Waals surface area contributed by atoms with Crippen molar-refractivity contribution in [2.24, 2.45) is 0 Å². The van der Waals surface area contributed by atoms with Crippen LogP contribution in [0, 0.1) is 0 Å². The van der Waals surface area contributed by atoms with E-state index in [0.29, 0.717) is 18.5 Å². The molecular weight excluding hydrogens is 404 g/mol. The van der Waals surface area contributed by atoms with Gasteiger partial charge in [-0.1, -0.05) is 36.4 Å². The van der Waals surface area contributed by atoms with Crippen LogP contribution in [0.4, 0.5) is 0 Å². The van der Waals surface area contributed by atoms with Crippen molar-refractivity contribution < 1.29 is 14.4 Å². The van der Waals surface area contributed by atoms with Crippen molar-refractivity contribution in [2.75, 3.05) is 0 Å². The lowest BCUT2D eigenvalue weighted by Gasteiger charge is -2.29. The van der Waals surface area contributed by atoms with Crippen molar-refractivity contribution in [3.05, 3.63) is 65.7 Å². The van der Waals surface area contributed by atoms with Crippen LogP contribution < -0.4 is 5.32 Å². The fourth-order valence-corrected chi connectivity index (χ4v) is 4.49. The standard InChI is InChI=1S/C25H24N4O3/c1-15(2)29-22(16-6-4-3-5-7-16)13-20(27-29)17-8-9-19-18(12-17)14-28(25(19)32)21-10-11-23(30)26-24(21)31/h3-9,12-13,15,21H,10-11,14H2,1-2H3,(H,26,30,31). The highest BCUT2D eigenvalue weighted by Gasteiger charge is 2.39. The molecule has 2 aliphatic rings. The Morgan fingerprint density at radius 3 is 2.50 bits per heavy atom. The molecule has 1 aromatic heterocycles. The number of rotatable bonds is 4. The number of carbonyl (C=O) groups excluding carboxylic acids is 3. The van der Waals surface area contributed by atoms with E-state index < -0.39 is 11.9 Å². The topological polar surface area (TPSA) is 84.3 Å². The van der Waals surface area contributed by atoms with Gasteiger partial charge in [0.15, 0.2) is 0 Å². The summed E-state index contributed by atoms with van der Waals surface area (Å²) in [7, 11) is 0. The van der Waals surface area contributed by atoms with Crippen LogP contribution in [0.25, 0.3) is 22.5 Å². The summed E-state index contributed by atoms with van der Waals surface area (Å²) in [4.78, 5) is 38.3. The van der Waals surface area contributed by atoms with Crippen molar-refractivity contribution in [3.8, 4) is 22.5 Å². The molecule has 1 N–H and O–H groups in total. The van der Waals surface area contributed by atoms with Crippen LogP contribution in [0.3, 0.4) is 0 Å². The van der Waals surface area contributed by atoms with Crippen LogP contribution >= 0.6 is 0 Å². The van der Waals surface area contributed by atoms with Gasteiger partial charge in [-0.15, -0.1) is 0 Å². The van der Waals surface area contributed by atoms with E-state index in [0.717, 1.165) is 28.1 Å². The first kappa shape index (κ1) is 20.2. The molecule has 1 saturated heterocycles. The number of hydrogen-bond acceptors (Lipinski definition) is 4. The predicted molar refractivity (Wildman–Crippen MR) is 120 cm³/mol. The smallest absolute Gasteiger partial charge is 0.255 e. The van der Waals surface area contributed by atoms with Gasteiger partial charge in [-0.2, -0.15) is 5.10 Å². The number of benzene rings is 2. The molecule has 0 spiro atoms. The Hall–Kier alpha value is -3.74. The normalized spacial score (nSPS) is 18.3. The molecule has 7 nitrogen and oxygen atoms in total. The largest absolute Gasteiger partial charge is 0.322 e. The van der Waals surface area contributed by atoms with Crippen LogP contribution in [0.2, 0.25) is 0 Å². The zero-order chi connectivity index (χ0) is 22.4. The fourth-order valence-electron chi connectivity index (χ4n) is 4.49. The van der Waals surface area contributed by atoms with Crippen molar-refractivity contribution in [1.82, 2.24) is 20.0 Å². The summed E-state index contributed by atoms with van der Waals surface area (Å²) in [5.74, 6) is -0.850. The average Bonchev–Trinajstić information content (AvgIpc) is 3.37. The van der Waals surface area contributed by atoms with E-state index in [1.807, 2.05) is 41.1 Å². The van der Waals surface area contributed by atoms with Crippen LogP contribution in [0.15, 0.2) is 54.6 Å². The molecule has 0 aliphatic carbocycles. The summed E-state index contributed by atoms with van der Waals surface area (Å²) in [6.07, 6.45) is 0.604. The Morgan fingerprint density at radius 1 is 1.00 bits per heavy atom. The van der Waals surface area contributed by atoms with Crippen molar-refractivity contribution in [3.63, 3.8) is 0 Å². The number of aromatic nitrogens is 2. The SMILES string of the molecule is CC(C)n1nc(-c2ccc3c(c2)CN(C2CCC(=O)NC2=O)C3=O)cc1-c1ccccc1. The Morgan fingerprint density at radius 2 is 1.78 bits per heavy atom. The highest BCUT2D eigenvalue weighted by Crippen LogP contribution is 2.33. The fraction of sp³-hybridized carbons (Fsp3) is 0.280. The van der Waals surface area contributed by atoms with Gasteiger partial charge in [0.25, 0.3) is 5.91 Å². The molecule has 2 aromatic carbocycles. The third-order valence-electron chi connectivity index (χ3n) is 6.11. The van der Waals surface area contributed by atoms with E-state index in [9.17, 15) is 14.4 Å². The molecule has 162 valence electrons. The zero-order valence-corrected chi connectivity index (χ0v) is 18.0. The number of imide groups is 1. The van der Waals surface area contributed by atoms with Crippen LogP contribution in [-0.2, 0) is 16.1 Å². The van der Waals surface area contributed by atoms with E-state index in [2.05, 4.69) is 37.4 Å². The third-order valence-corrected chi connectivity index (χ3v) is 6.11. The zero-order valence-electron chi connectivity index (χ0n) is 18.0. The molecule has 32 heavy (non-hydrogen) atoms. The summed E-state index contributed by atoms with van der Waals surface area (Å²) in [6, 6.07) is 17.5. The van der Waals surface area contributed by atoms with Gasteiger partial charge in [0.05, 0.1) is 11.4 Å². The molecular formula is C25H24N4O3. The van der Waals surface area contributed by atoms with Gasteiger partial charge in [-0.05, 0) is 49.6 Å². The number of nitrogens with zero attached hydrogens (tertiary/aromatic N) is 3. The second-order valence-corrected chi connectivity index (χ2v) is 8.59. The summed E-state index contributed by atoms with van der Waals surface area (Å²) in [5.41, 5.74) is 5.38. The molecule has 3 aromatic rings. The Labute approximate surface area is 186 Å². The summed E-state index contributed by atoms with van der Waals surface area (Å²) < 4.78 is 2.01. The molecule has 5 rings (SSSR count). The molecule has 1 atom stereocenters. The molecule has 7 heteroatoms. The maximum atomic E-state index is 12.9. The Kier molecular flexibility index (Phi) is 4.89. The minimum atomic E-state index is -0.610. The first-order valence-electron chi connectivity index (χ1n) is 10.9. The van der Waals surface area contributed by atoms with Crippen LogP contribution in [0.5, 0.6) is 0 Å². The maximum absolute atomic E-state index is 12.9. The van der Waals surface area contributed by atoms with Gasteiger partial charge in [-0.3, -0.25) is 24.4 Å². The second kappa shape index (κ2) is 7.75. The minimum Gasteiger partial charge on any atom is -0.322 e. The van der Waals surface area contributed by atoms with E-state index in [-0.39, 0.29) is 24.3 Å². The van der Waals surface area contributed by atoms with Gasteiger partial charge in [0, 0.05) is 30.1 Å². The van der Waals surface area contributed by atoms with Gasteiger partial charge >= 0.3 is 0 Å². The van der Waals surface area contributed by atoms with E-state index in [4.69, 9.17) is 5.10 Å². The molecule has 0 saturated carbocycles. The van der Waals surface area contributed by atoms with Crippen molar-refractivity contribution >= 4 is 17.7 Å². The summed E-state index contributed by atoms with van der Waals surface area (Å²) in [5, 5.41) is 7.19. The number of fused-ring (bicyclic) bond motifs is 1. The lowest BCUT2D eigenvalue weighted by Crippen LogP contribution is -2.52. The number of piperidine rings is 1. The minimum absolute atomic E-state index is 0.168. The Bertz CT molecular complexity index is 1230. The third kappa shape index (κ3) is 3.39. The molecule has 1 fully saturated rings. The van der Waals surface area contributed by atoms with Gasteiger partial charge < -0.3 is 4.90 Å². The van der Waals surface area contributed by atoms with E-state index in [1.54, 1.807) is 4.90 Å². The maximum Gasteiger partial charge on any atom is 0.255 e. The van der Waals surface area contributed by atoms with E-state index in [1.165, 1.54) is 0 Å². The quantitative estimate of drug-likeness (QED) is 0.644. The van der Waals surface area contributed by atoms with Gasteiger partial charge in [0.1, 0.15) is 6.04 Å². The Balaban J connectivity index is 1.47. The van der Waals surface area contributed by atoms with Crippen LogP contribution in [-0.4, -0.2) is 38.4 Å². The van der Waals surface area contributed by atoms with Crippen molar-refractivity contribution in [1.29, 1.82) is 0 Å². The number of amides is 3. The highest BCUT2D eigenvalue weighted by molar-refractivity contribution is 6.05. The summed E-state index contributed by atoms with van der Waals surface area (Å²) in [6.45, 7) is 4.55. The van der Waals surface area contributed by atoms with Gasteiger partial charge in [0.2, 0.25) is 11.8 Å². The van der Waals surface area contributed by atoms with Crippen molar-refractivity contribution in [2.45, 2.75) is 45.3 Å². The lowest BCUT2D eigenvalue weighted by atomic mass is 10.0. The predicted octanol–water partition coefficient (Wildman–Crippen LogP) is 3.56. The first-order valence-corrected chi connectivity index (χ1v) is 10.9. The lowest BCUT2D eigenvalue weighted by molar-refractivity contribution is -0.136. The number of carbonyl (C=O) groups is 3.